The van der Waals surface area contributed by atoms with Gasteiger partial charge in [-0.3, -0.25) is 4.79 Å². The number of rotatable bonds is 2. The predicted molar refractivity (Wildman–Crippen MR) is 116 cm³/mol. The van der Waals surface area contributed by atoms with Gasteiger partial charge >= 0.3 is 11.9 Å². The van der Waals surface area contributed by atoms with E-state index in [-0.39, 0.29) is 6.61 Å². The molecule has 0 aromatic carbocycles. The maximum Gasteiger partial charge on any atom is 0.348 e. The molecule has 1 unspecified atom stereocenters. The summed E-state index contributed by atoms with van der Waals surface area (Å²) < 4.78 is 17.4. The highest BCUT2D eigenvalue weighted by Gasteiger charge is 2.83. The van der Waals surface area contributed by atoms with E-state index in [9.17, 15) is 29.7 Å². The molecule has 0 amide bonds. The zero-order valence-electron chi connectivity index (χ0n) is 20.0. The standard InChI is InChI=1S/C25H32O9/c1-10(2)6-16(27)34-18-17-12(4)19(28)25(31)22-23(5)13(11(3)7-14(26)20(23)29)8-15(33-21(18)30)24(17,22)9-32-25/h6-7,12-13,15,17-20,22,28-29,31H,8-9H2,1-5H3/t12-,13+,15-,17-,18-,19-,20-,22-,23-,24+,25?/m1/s1. The summed E-state index contributed by atoms with van der Waals surface area (Å²) in [5, 5.41) is 34.3. The zero-order chi connectivity index (χ0) is 25.0. The van der Waals surface area contributed by atoms with Gasteiger partial charge in [-0.25, -0.2) is 9.59 Å². The lowest BCUT2D eigenvalue weighted by Crippen LogP contribution is -2.78. The molecule has 2 bridgehead atoms. The van der Waals surface area contributed by atoms with Crippen molar-refractivity contribution in [3.8, 4) is 0 Å². The van der Waals surface area contributed by atoms with E-state index in [2.05, 4.69) is 0 Å². The highest BCUT2D eigenvalue weighted by molar-refractivity contribution is 5.96. The first-order valence-corrected chi connectivity index (χ1v) is 11.8. The van der Waals surface area contributed by atoms with Crippen LogP contribution in [0.25, 0.3) is 0 Å². The van der Waals surface area contributed by atoms with Gasteiger partial charge in [-0.15, -0.1) is 0 Å². The molecule has 2 heterocycles. The van der Waals surface area contributed by atoms with Gasteiger partial charge in [0, 0.05) is 28.7 Å². The van der Waals surface area contributed by atoms with Crippen molar-refractivity contribution >= 4 is 17.7 Å². The number of carbonyl (C=O) groups excluding carboxylic acids is 3. The maximum atomic E-state index is 13.2. The van der Waals surface area contributed by atoms with Gasteiger partial charge < -0.3 is 29.5 Å². The van der Waals surface area contributed by atoms with Crippen LogP contribution in [0.3, 0.4) is 0 Å². The van der Waals surface area contributed by atoms with Crippen LogP contribution in [0.1, 0.15) is 41.0 Å². The Morgan fingerprint density at radius 2 is 1.94 bits per heavy atom. The van der Waals surface area contributed by atoms with Crippen LogP contribution in [0.15, 0.2) is 23.3 Å². The van der Waals surface area contributed by atoms with Gasteiger partial charge in [0.05, 0.1) is 6.61 Å². The van der Waals surface area contributed by atoms with Crippen LogP contribution in [0.4, 0.5) is 0 Å². The van der Waals surface area contributed by atoms with Crippen molar-refractivity contribution in [2.45, 2.75) is 71.2 Å². The van der Waals surface area contributed by atoms with Gasteiger partial charge in [0.1, 0.15) is 18.3 Å². The summed E-state index contributed by atoms with van der Waals surface area (Å²) in [4.78, 5) is 38.5. The predicted octanol–water partition coefficient (Wildman–Crippen LogP) is 0.654. The SMILES string of the molecule is CC(C)=CC(=O)O[C@H]1C(=O)O[C@@H]2C[C@H]3C(C)=CC(=O)[C@@H](O)[C@]3(C)[C@H]3C4(O)OC[C@]32[C@@H]1[C@@H](C)[C@H]4O. The molecule has 0 radical (unpaired) electrons. The number of esters is 2. The summed E-state index contributed by atoms with van der Waals surface area (Å²) in [7, 11) is 0. The number of hydrogen-bond donors (Lipinski definition) is 3. The summed E-state index contributed by atoms with van der Waals surface area (Å²) >= 11 is 0. The fraction of sp³-hybridized carbons (Fsp3) is 0.720. The lowest BCUT2D eigenvalue weighted by molar-refractivity contribution is -0.339. The summed E-state index contributed by atoms with van der Waals surface area (Å²) in [5.41, 5.74) is -0.859. The molecule has 3 N–H and O–H groups in total. The quantitative estimate of drug-likeness (QED) is 0.387. The Hall–Kier alpha value is -2.07. The maximum absolute atomic E-state index is 13.2. The lowest BCUT2D eigenvalue weighted by atomic mass is 9.38. The molecule has 5 aliphatic rings. The normalized spacial score (nSPS) is 51.0. The molecule has 11 atom stereocenters. The first kappa shape index (κ1) is 23.7. The van der Waals surface area contributed by atoms with E-state index < -0.39 is 82.4 Å². The van der Waals surface area contributed by atoms with Crippen molar-refractivity contribution in [3.63, 3.8) is 0 Å². The van der Waals surface area contributed by atoms with Gasteiger partial charge in [0.25, 0.3) is 0 Å². The molecule has 9 heteroatoms. The Kier molecular flexibility index (Phi) is 5.03. The van der Waals surface area contributed by atoms with E-state index in [1.807, 2.05) is 0 Å². The third kappa shape index (κ3) is 2.67. The second kappa shape index (κ2) is 7.22. The van der Waals surface area contributed by atoms with Crippen LogP contribution >= 0.6 is 0 Å². The Balaban J connectivity index is 1.70. The molecule has 9 nitrogen and oxygen atoms in total. The summed E-state index contributed by atoms with van der Waals surface area (Å²) in [5.74, 6) is -6.75. The topological polar surface area (TPSA) is 140 Å². The average molecular weight is 477 g/mol. The number of aliphatic hydroxyl groups excluding tert-OH is 2. The smallest absolute Gasteiger partial charge is 0.348 e. The number of hydrogen-bond acceptors (Lipinski definition) is 9. The number of ketones is 1. The number of ether oxygens (including phenoxy) is 3. The Morgan fingerprint density at radius 3 is 2.59 bits per heavy atom. The number of carbonyl (C=O) groups is 3. The summed E-state index contributed by atoms with van der Waals surface area (Å²) in [6, 6.07) is 0. The molecule has 0 aromatic rings. The highest BCUT2D eigenvalue weighted by Crippen LogP contribution is 2.73. The van der Waals surface area contributed by atoms with Crippen LogP contribution in [0.5, 0.6) is 0 Å². The van der Waals surface area contributed by atoms with Gasteiger partial charge in [-0.05, 0) is 45.1 Å². The van der Waals surface area contributed by atoms with Gasteiger partial charge in [-0.2, -0.15) is 0 Å². The van der Waals surface area contributed by atoms with Gasteiger partial charge in [0.2, 0.25) is 6.10 Å². The van der Waals surface area contributed by atoms with Crippen molar-refractivity contribution in [1.29, 1.82) is 0 Å². The van der Waals surface area contributed by atoms with Crippen molar-refractivity contribution in [2.75, 3.05) is 6.61 Å². The molecule has 34 heavy (non-hydrogen) atoms. The Bertz CT molecular complexity index is 1030. The molecule has 186 valence electrons. The van der Waals surface area contributed by atoms with E-state index in [1.165, 1.54) is 12.2 Å². The average Bonchev–Trinajstić information content (AvgIpc) is 3.03. The number of aliphatic hydroxyl groups is 3. The monoisotopic (exact) mass is 476 g/mol. The molecule has 5 rings (SSSR count). The van der Waals surface area contributed by atoms with E-state index in [0.717, 1.165) is 0 Å². The van der Waals surface area contributed by atoms with Crippen LogP contribution in [0.2, 0.25) is 0 Å². The van der Waals surface area contributed by atoms with Crippen molar-refractivity contribution in [2.24, 2.45) is 34.5 Å². The molecule has 0 aromatic heterocycles. The fourth-order valence-electron chi connectivity index (χ4n) is 8.13. The van der Waals surface area contributed by atoms with Crippen LogP contribution in [-0.4, -0.2) is 69.9 Å². The fourth-order valence-corrected chi connectivity index (χ4v) is 8.13. The minimum Gasteiger partial charge on any atom is -0.459 e. The second-order valence-electron chi connectivity index (χ2n) is 11.3. The molecule has 2 saturated heterocycles. The molecule has 3 aliphatic carbocycles. The summed E-state index contributed by atoms with van der Waals surface area (Å²) in [6.45, 7) is 8.59. The minimum absolute atomic E-state index is 0.0686. The molecule has 1 spiro atoms. The summed E-state index contributed by atoms with van der Waals surface area (Å²) in [6.07, 6.45) is -1.93. The Morgan fingerprint density at radius 1 is 1.26 bits per heavy atom. The van der Waals surface area contributed by atoms with E-state index in [4.69, 9.17) is 14.2 Å². The van der Waals surface area contributed by atoms with Crippen molar-refractivity contribution in [1.82, 2.24) is 0 Å². The third-order valence-corrected chi connectivity index (χ3v) is 9.28. The second-order valence-corrected chi connectivity index (χ2v) is 11.3. The zero-order valence-corrected chi connectivity index (χ0v) is 20.0. The molecule has 2 saturated carbocycles. The molecule has 2 aliphatic heterocycles. The van der Waals surface area contributed by atoms with Crippen LogP contribution in [0, 0.1) is 34.5 Å². The molecular formula is C25H32O9. The third-order valence-electron chi connectivity index (χ3n) is 9.28. The first-order chi connectivity index (χ1) is 15.8. The van der Waals surface area contributed by atoms with Crippen molar-refractivity contribution in [3.05, 3.63) is 23.3 Å². The molecular weight excluding hydrogens is 444 g/mol. The number of fused-ring (bicyclic) bond motifs is 1. The van der Waals surface area contributed by atoms with E-state index >= 15 is 0 Å². The number of allylic oxidation sites excluding steroid dienone is 2. The van der Waals surface area contributed by atoms with Crippen LogP contribution < -0.4 is 0 Å². The molecule has 4 fully saturated rings. The lowest BCUT2D eigenvalue weighted by Gasteiger charge is -2.68. The Labute approximate surface area is 197 Å². The van der Waals surface area contributed by atoms with Crippen molar-refractivity contribution < 1.29 is 43.9 Å². The van der Waals surface area contributed by atoms with Gasteiger partial charge in [-0.1, -0.05) is 25.0 Å². The first-order valence-electron chi connectivity index (χ1n) is 11.8. The van der Waals surface area contributed by atoms with Crippen LogP contribution in [-0.2, 0) is 28.6 Å². The van der Waals surface area contributed by atoms with E-state index in [0.29, 0.717) is 17.6 Å². The minimum atomic E-state index is -2.07. The van der Waals surface area contributed by atoms with Gasteiger partial charge in [0.15, 0.2) is 11.6 Å². The van der Waals surface area contributed by atoms with E-state index in [1.54, 1.807) is 34.6 Å². The largest absolute Gasteiger partial charge is 0.459 e. The highest BCUT2D eigenvalue weighted by atomic mass is 16.7.